The second kappa shape index (κ2) is 9.05. The molecule has 0 spiro atoms. The molecule has 0 saturated carbocycles. The number of carbonyl (C=O) groups excluding carboxylic acids is 1. The minimum Gasteiger partial charge on any atom is -0.495 e. The predicted molar refractivity (Wildman–Crippen MR) is 103 cm³/mol. The molecule has 0 bridgehead atoms. The van der Waals surface area contributed by atoms with Crippen LogP contribution in [0.2, 0.25) is 0 Å². The van der Waals surface area contributed by atoms with Crippen molar-refractivity contribution in [3.63, 3.8) is 0 Å². The van der Waals surface area contributed by atoms with Crippen molar-refractivity contribution in [1.82, 2.24) is 9.21 Å². The fraction of sp³-hybridized carbons (Fsp3) is 0.500. The highest BCUT2D eigenvalue weighted by atomic mass is 32.2. The number of hydrogen-bond donors (Lipinski definition) is 0. The zero-order chi connectivity index (χ0) is 19.2. The summed E-state index contributed by atoms with van der Waals surface area (Å²) < 4.78 is 30.1. The van der Waals surface area contributed by atoms with Crippen molar-refractivity contribution in [2.45, 2.75) is 6.42 Å². The van der Waals surface area contributed by atoms with E-state index >= 15 is 0 Å². The van der Waals surface area contributed by atoms with Crippen LogP contribution < -0.4 is 9.64 Å². The molecule has 144 valence electrons. The zero-order valence-corrected chi connectivity index (χ0v) is 16.2. The highest BCUT2D eigenvalue weighted by Gasteiger charge is 2.24. The molecular weight excluding hydrogens is 354 g/mol. The first kappa shape index (κ1) is 20.3. The number of sulfonamides is 1. The number of amides is 1. The number of anilines is 1. The van der Waals surface area contributed by atoms with Gasteiger partial charge >= 0.3 is 0 Å². The summed E-state index contributed by atoms with van der Waals surface area (Å²) in [7, 11) is -1.69. The van der Waals surface area contributed by atoms with Gasteiger partial charge in [0.1, 0.15) is 5.75 Å². The van der Waals surface area contributed by atoms with E-state index in [1.165, 1.54) is 10.4 Å². The van der Waals surface area contributed by atoms with Gasteiger partial charge in [-0.25, -0.2) is 8.42 Å². The van der Waals surface area contributed by atoms with E-state index < -0.39 is 10.0 Å². The molecule has 0 atom stereocenters. The molecule has 1 aromatic rings. The van der Waals surface area contributed by atoms with Gasteiger partial charge in [0.25, 0.3) is 0 Å². The van der Waals surface area contributed by atoms with Crippen LogP contribution in [0.25, 0.3) is 0 Å². The minimum atomic E-state index is -3.34. The largest absolute Gasteiger partial charge is 0.495 e. The maximum absolute atomic E-state index is 12.4. The van der Waals surface area contributed by atoms with Crippen LogP contribution in [0.3, 0.4) is 0 Å². The van der Waals surface area contributed by atoms with Crippen molar-refractivity contribution in [3.8, 4) is 5.75 Å². The van der Waals surface area contributed by atoms with Crippen molar-refractivity contribution in [2.75, 3.05) is 57.5 Å². The molecule has 0 radical (unpaired) electrons. The maximum atomic E-state index is 12.4. The quantitative estimate of drug-likeness (QED) is 0.633. The molecule has 1 aliphatic heterocycles. The first-order valence-corrected chi connectivity index (χ1v) is 10.4. The predicted octanol–water partition coefficient (Wildman–Crippen LogP) is 1.18. The Morgan fingerprint density at radius 3 is 2.50 bits per heavy atom. The molecule has 8 heteroatoms. The molecule has 1 saturated heterocycles. The number of carbonyl (C=O) groups is 1. The summed E-state index contributed by atoms with van der Waals surface area (Å²) in [6, 6.07) is 7.83. The van der Waals surface area contributed by atoms with Crippen LogP contribution in [0.5, 0.6) is 5.75 Å². The number of hydrogen-bond acceptors (Lipinski definition) is 5. The van der Waals surface area contributed by atoms with Crippen LogP contribution in [-0.4, -0.2) is 76.2 Å². The molecule has 7 nitrogen and oxygen atoms in total. The van der Waals surface area contributed by atoms with E-state index in [1.54, 1.807) is 12.0 Å². The Morgan fingerprint density at radius 2 is 1.92 bits per heavy atom. The summed E-state index contributed by atoms with van der Waals surface area (Å²) in [6.45, 7) is 6.61. The van der Waals surface area contributed by atoms with Gasteiger partial charge in [-0.1, -0.05) is 18.2 Å². The lowest BCUT2D eigenvalue weighted by Crippen LogP contribution is -2.49. The van der Waals surface area contributed by atoms with Crippen LogP contribution >= 0.6 is 0 Å². The van der Waals surface area contributed by atoms with E-state index in [4.69, 9.17) is 4.74 Å². The van der Waals surface area contributed by atoms with Gasteiger partial charge in [-0.05, 0) is 12.1 Å². The van der Waals surface area contributed by atoms with Crippen molar-refractivity contribution in [1.29, 1.82) is 0 Å². The second-order valence-electron chi connectivity index (χ2n) is 6.20. The van der Waals surface area contributed by atoms with Gasteiger partial charge in [-0.15, -0.1) is 6.58 Å². The molecule has 0 aromatic heterocycles. The summed E-state index contributed by atoms with van der Waals surface area (Å²) in [5, 5.41) is 0. The SMILES string of the molecule is C=CCN(CCC(=O)N1CCN(c2ccccc2OC)CC1)S(C)(=O)=O. The smallest absolute Gasteiger partial charge is 0.224 e. The molecule has 0 N–H and O–H groups in total. The number of methoxy groups -OCH3 is 1. The maximum Gasteiger partial charge on any atom is 0.224 e. The molecule has 2 rings (SSSR count). The summed E-state index contributed by atoms with van der Waals surface area (Å²) in [6.07, 6.45) is 2.85. The van der Waals surface area contributed by atoms with E-state index in [1.807, 2.05) is 24.3 Å². The van der Waals surface area contributed by atoms with Crippen LogP contribution in [0, 0.1) is 0 Å². The normalized spacial score (nSPS) is 15.2. The Hall–Kier alpha value is -2.06. The summed E-state index contributed by atoms with van der Waals surface area (Å²) in [5.74, 6) is 0.794. The van der Waals surface area contributed by atoms with Crippen molar-refractivity contribution in [2.24, 2.45) is 0 Å². The number of rotatable bonds is 8. The fourth-order valence-corrected chi connectivity index (χ4v) is 3.80. The first-order valence-electron chi connectivity index (χ1n) is 8.58. The molecular formula is C18H27N3O4S. The van der Waals surface area contributed by atoms with Crippen LogP contribution in [0.15, 0.2) is 36.9 Å². The average molecular weight is 381 g/mol. The van der Waals surface area contributed by atoms with E-state index in [2.05, 4.69) is 11.5 Å². The molecule has 1 heterocycles. The lowest BCUT2D eigenvalue weighted by molar-refractivity contribution is -0.131. The lowest BCUT2D eigenvalue weighted by Gasteiger charge is -2.36. The van der Waals surface area contributed by atoms with Gasteiger partial charge in [0.2, 0.25) is 15.9 Å². The summed E-state index contributed by atoms with van der Waals surface area (Å²) in [4.78, 5) is 16.4. The van der Waals surface area contributed by atoms with Crippen LogP contribution in [0.4, 0.5) is 5.69 Å². The number of benzene rings is 1. The van der Waals surface area contributed by atoms with Crippen molar-refractivity contribution < 1.29 is 17.9 Å². The molecule has 1 aliphatic rings. The third-order valence-corrected chi connectivity index (χ3v) is 5.70. The monoisotopic (exact) mass is 381 g/mol. The number of piperazine rings is 1. The molecule has 0 aliphatic carbocycles. The minimum absolute atomic E-state index is 0.0256. The third kappa shape index (κ3) is 5.22. The number of nitrogens with zero attached hydrogens (tertiary/aromatic N) is 3. The van der Waals surface area contributed by atoms with E-state index in [9.17, 15) is 13.2 Å². The lowest BCUT2D eigenvalue weighted by atomic mass is 10.2. The zero-order valence-electron chi connectivity index (χ0n) is 15.4. The van der Waals surface area contributed by atoms with Crippen molar-refractivity contribution >= 4 is 21.6 Å². The van der Waals surface area contributed by atoms with Gasteiger partial charge < -0.3 is 14.5 Å². The van der Waals surface area contributed by atoms with Gasteiger partial charge in [0.05, 0.1) is 19.1 Å². The summed E-state index contributed by atoms with van der Waals surface area (Å²) in [5.41, 5.74) is 1.02. The summed E-state index contributed by atoms with van der Waals surface area (Å²) >= 11 is 0. The van der Waals surface area contributed by atoms with Crippen LogP contribution in [0.1, 0.15) is 6.42 Å². The van der Waals surface area contributed by atoms with Crippen LogP contribution in [-0.2, 0) is 14.8 Å². The standard InChI is InChI=1S/C18H27N3O4S/c1-4-10-21(26(3,23)24)11-9-18(22)20-14-12-19(13-15-20)16-7-5-6-8-17(16)25-2/h4-8H,1,9-15H2,2-3H3. The Kier molecular flexibility index (Phi) is 7.05. The van der Waals surface area contributed by atoms with Gasteiger partial charge in [0, 0.05) is 45.7 Å². The topological polar surface area (TPSA) is 70.2 Å². The number of ether oxygens (including phenoxy) is 1. The van der Waals surface area contributed by atoms with Crippen molar-refractivity contribution in [3.05, 3.63) is 36.9 Å². The highest BCUT2D eigenvalue weighted by molar-refractivity contribution is 7.88. The van der Waals surface area contributed by atoms with E-state index in [-0.39, 0.29) is 25.4 Å². The second-order valence-corrected chi connectivity index (χ2v) is 8.18. The van der Waals surface area contributed by atoms with Gasteiger partial charge in [-0.2, -0.15) is 4.31 Å². The molecule has 26 heavy (non-hydrogen) atoms. The Balaban J connectivity index is 1.89. The Morgan fingerprint density at radius 1 is 1.27 bits per heavy atom. The number of para-hydroxylation sites is 2. The molecule has 1 aromatic carbocycles. The van der Waals surface area contributed by atoms with E-state index in [0.29, 0.717) is 26.2 Å². The molecule has 1 amide bonds. The average Bonchev–Trinajstić information content (AvgIpc) is 2.64. The van der Waals surface area contributed by atoms with E-state index in [0.717, 1.165) is 17.7 Å². The van der Waals surface area contributed by atoms with Gasteiger partial charge in [-0.3, -0.25) is 4.79 Å². The van der Waals surface area contributed by atoms with Gasteiger partial charge in [0.15, 0.2) is 0 Å². The first-order chi connectivity index (χ1) is 12.4. The fourth-order valence-electron chi connectivity index (χ4n) is 3.00. The molecule has 1 fully saturated rings. The Labute approximate surface area is 155 Å². The molecule has 0 unspecified atom stereocenters. The third-order valence-electron chi connectivity index (χ3n) is 4.44. The Bertz CT molecular complexity index is 728. The highest BCUT2D eigenvalue weighted by Crippen LogP contribution is 2.28.